The minimum absolute atomic E-state index is 0.0334. The number of hydrogen-bond donors (Lipinski definition) is 2. The van der Waals surface area contributed by atoms with Crippen molar-refractivity contribution < 1.29 is 19.0 Å². The Morgan fingerprint density at radius 2 is 2.23 bits per heavy atom. The number of aromatic carboxylic acids is 1. The molecule has 0 atom stereocenters. The number of carboxylic acids is 1. The van der Waals surface area contributed by atoms with E-state index in [2.05, 4.69) is 11.6 Å². The summed E-state index contributed by atoms with van der Waals surface area (Å²) in [7, 11) is 1.28. The van der Waals surface area contributed by atoms with Gasteiger partial charge < -0.3 is 15.6 Å². The van der Waals surface area contributed by atoms with Gasteiger partial charge in [-0.1, -0.05) is 24.3 Å². The Morgan fingerprint density at radius 1 is 1.55 bits per heavy atom. The smallest absolute Gasteiger partial charge is 0.355 e. The lowest BCUT2D eigenvalue weighted by Crippen LogP contribution is -2.08. The molecule has 1 aromatic carbocycles. The van der Waals surface area contributed by atoms with E-state index in [1.165, 1.54) is 31.4 Å². The number of rotatable bonds is 4. The van der Waals surface area contributed by atoms with E-state index >= 15 is 0 Å². The van der Waals surface area contributed by atoms with Crippen molar-refractivity contribution >= 4 is 29.3 Å². The third-order valence-electron chi connectivity index (χ3n) is 3.03. The molecule has 0 unspecified atom stereocenters. The Balaban J connectivity index is 2.74. The molecule has 0 aliphatic heterocycles. The molecular weight excluding hydrogens is 311 g/mol. The first-order valence-corrected chi connectivity index (χ1v) is 6.47. The van der Waals surface area contributed by atoms with E-state index in [0.717, 1.165) is 0 Å². The van der Waals surface area contributed by atoms with Crippen molar-refractivity contribution in [3.8, 4) is 17.0 Å². The van der Waals surface area contributed by atoms with Crippen LogP contribution in [-0.2, 0) is 0 Å². The zero-order valence-corrected chi connectivity index (χ0v) is 12.3. The number of hydrogen-bond acceptors (Lipinski definition) is 4. The zero-order chi connectivity index (χ0) is 16.4. The molecule has 0 amide bonds. The molecule has 5 nitrogen and oxygen atoms in total. The summed E-state index contributed by atoms with van der Waals surface area (Å²) >= 11 is 5.83. The number of halogens is 2. The van der Waals surface area contributed by atoms with Crippen LogP contribution in [0.15, 0.2) is 24.8 Å². The van der Waals surface area contributed by atoms with Crippen LogP contribution in [0.1, 0.15) is 16.1 Å². The molecule has 0 saturated carbocycles. The maximum atomic E-state index is 14.4. The first-order valence-electron chi connectivity index (χ1n) is 6.09. The highest BCUT2D eigenvalue weighted by Gasteiger charge is 2.20. The fraction of sp³-hybridized carbons (Fsp3) is 0.0667. The lowest BCUT2D eigenvalue weighted by molar-refractivity contribution is 0.0690. The van der Waals surface area contributed by atoms with Crippen LogP contribution in [0.4, 0.5) is 10.1 Å². The minimum Gasteiger partial charge on any atom is -0.492 e. The molecule has 3 N–H and O–H groups in total. The number of pyridine rings is 1. The summed E-state index contributed by atoms with van der Waals surface area (Å²) in [5.41, 5.74) is 5.90. The molecule has 0 saturated heterocycles. The molecular formula is C15H12ClFN2O3. The third kappa shape index (κ3) is 2.60. The summed E-state index contributed by atoms with van der Waals surface area (Å²) in [6.45, 7) is 3.50. The number of carboxylic acid groups (broad SMARTS) is 1. The predicted octanol–water partition coefficient (Wildman–Crippen LogP) is 3.47. The molecule has 0 bridgehead atoms. The molecule has 0 radical (unpaired) electrons. The van der Waals surface area contributed by atoms with E-state index in [4.69, 9.17) is 22.1 Å². The van der Waals surface area contributed by atoms with Crippen LogP contribution in [0, 0.1) is 5.82 Å². The van der Waals surface area contributed by atoms with Crippen LogP contribution in [0.25, 0.3) is 17.3 Å². The van der Waals surface area contributed by atoms with Gasteiger partial charge in [0.05, 0.1) is 17.8 Å². The van der Waals surface area contributed by atoms with Gasteiger partial charge in [0.1, 0.15) is 0 Å². The van der Waals surface area contributed by atoms with Gasteiger partial charge in [-0.3, -0.25) is 0 Å². The fourth-order valence-corrected chi connectivity index (χ4v) is 2.23. The van der Waals surface area contributed by atoms with E-state index in [1.54, 1.807) is 0 Å². The highest BCUT2D eigenvalue weighted by atomic mass is 35.5. The van der Waals surface area contributed by atoms with Crippen molar-refractivity contribution in [2.24, 2.45) is 0 Å². The quantitative estimate of drug-likeness (QED) is 0.900. The maximum Gasteiger partial charge on any atom is 0.355 e. The third-order valence-corrected chi connectivity index (χ3v) is 3.32. The van der Waals surface area contributed by atoms with Crippen molar-refractivity contribution in [3.63, 3.8) is 0 Å². The number of aromatic nitrogens is 1. The Labute approximate surface area is 130 Å². The SMILES string of the molecule is C=Cc1c(N)cc(-c2ccc(Cl)c(OC)c2F)nc1C(=O)O. The van der Waals surface area contributed by atoms with Crippen molar-refractivity contribution in [1.29, 1.82) is 0 Å². The van der Waals surface area contributed by atoms with Gasteiger partial charge in [-0.15, -0.1) is 0 Å². The van der Waals surface area contributed by atoms with Crippen molar-refractivity contribution in [1.82, 2.24) is 4.98 Å². The first-order chi connectivity index (χ1) is 10.4. The molecule has 0 fully saturated rings. The molecule has 0 spiro atoms. The normalized spacial score (nSPS) is 10.3. The molecule has 0 aliphatic rings. The average Bonchev–Trinajstić information content (AvgIpc) is 2.46. The second-order valence-electron chi connectivity index (χ2n) is 4.31. The van der Waals surface area contributed by atoms with Gasteiger partial charge in [-0.25, -0.2) is 14.2 Å². The molecule has 22 heavy (non-hydrogen) atoms. The minimum atomic E-state index is -1.29. The Bertz CT molecular complexity index is 778. The Hall–Kier alpha value is -2.60. The fourth-order valence-electron chi connectivity index (χ4n) is 2.01. The summed E-state index contributed by atoms with van der Waals surface area (Å²) in [5.74, 6) is -2.18. The number of nitrogens with two attached hydrogens (primary N) is 1. The van der Waals surface area contributed by atoms with Crippen molar-refractivity contribution in [2.75, 3.05) is 12.8 Å². The van der Waals surface area contributed by atoms with Gasteiger partial charge in [0, 0.05) is 16.8 Å². The number of ether oxygens (including phenoxy) is 1. The summed E-state index contributed by atoms with van der Waals surface area (Å²) in [5, 5.41) is 9.30. The van der Waals surface area contributed by atoms with Crippen molar-refractivity contribution in [3.05, 3.63) is 46.9 Å². The van der Waals surface area contributed by atoms with Gasteiger partial charge in [-0.05, 0) is 18.2 Å². The van der Waals surface area contributed by atoms with Gasteiger partial charge in [0.2, 0.25) is 0 Å². The Kier molecular flexibility index (Phi) is 4.32. The van der Waals surface area contributed by atoms with E-state index in [9.17, 15) is 14.3 Å². The van der Waals surface area contributed by atoms with E-state index in [0.29, 0.717) is 0 Å². The van der Waals surface area contributed by atoms with Gasteiger partial charge in [0.25, 0.3) is 0 Å². The molecule has 7 heteroatoms. The van der Waals surface area contributed by atoms with Gasteiger partial charge in [0.15, 0.2) is 17.3 Å². The number of carbonyl (C=O) groups is 1. The topological polar surface area (TPSA) is 85.4 Å². The van der Waals surface area contributed by atoms with Crippen molar-refractivity contribution in [2.45, 2.75) is 0 Å². The highest BCUT2D eigenvalue weighted by Crippen LogP contribution is 2.35. The molecule has 2 rings (SSSR count). The maximum absolute atomic E-state index is 14.4. The standard InChI is InChI=1S/C15H12ClFN2O3/c1-3-7-10(18)6-11(19-13(7)15(20)21)8-4-5-9(16)14(22-2)12(8)17/h3-6H,1H2,2H3,(H2,18,19)(H,20,21). The lowest BCUT2D eigenvalue weighted by Gasteiger charge is -2.12. The number of anilines is 1. The molecule has 1 heterocycles. The number of nitrogen functional groups attached to an aromatic ring is 1. The van der Waals surface area contributed by atoms with E-state index in [-0.39, 0.29) is 39.0 Å². The second-order valence-corrected chi connectivity index (χ2v) is 4.72. The molecule has 0 aliphatic carbocycles. The van der Waals surface area contributed by atoms with E-state index in [1.807, 2.05) is 0 Å². The van der Waals surface area contributed by atoms with E-state index < -0.39 is 11.8 Å². The van der Waals surface area contributed by atoms with Crippen LogP contribution in [0.5, 0.6) is 5.75 Å². The predicted molar refractivity (Wildman–Crippen MR) is 82.7 cm³/mol. The average molecular weight is 323 g/mol. The number of benzene rings is 1. The molecule has 1 aromatic heterocycles. The highest BCUT2D eigenvalue weighted by molar-refractivity contribution is 6.32. The first kappa shape index (κ1) is 15.8. The van der Waals surface area contributed by atoms with Crippen LogP contribution < -0.4 is 10.5 Å². The van der Waals surface area contributed by atoms with Crippen LogP contribution in [0.2, 0.25) is 5.02 Å². The van der Waals surface area contributed by atoms with Crippen LogP contribution >= 0.6 is 11.6 Å². The molecule has 114 valence electrons. The number of methoxy groups -OCH3 is 1. The van der Waals surface area contributed by atoms with Gasteiger partial charge in [-0.2, -0.15) is 0 Å². The summed E-state index contributed by atoms with van der Waals surface area (Å²) in [6.07, 6.45) is 1.29. The monoisotopic (exact) mass is 322 g/mol. The largest absolute Gasteiger partial charge is 0.492 e. The molecule has 2 aromatic rings. The Morgan fingerprint density at radius 3 is 2.77 bits per heavy atom. The number of nitrogens with zero attached hydrogens (tertiary/aromatic N) is 1. The summed E-state index contributed by atoms with van der Waals surface area (Å²) in [6, 6.07) is 4.18. The second kappa shape index (κ2) is 6.03. The van der Waals surface area contributed by atoms with Crippen LogP contribution in [0.3, 0.4) is 0 Å². The summed E-state index contributed by atoms with van der Waals surface area (Å²) < 4.78 is 19.3. The lowest BCUT2D eigenvalue weighted by atomic mass is 10.1. The van der Waals surface area contributed by atoms with Gasteiger partial charge >= 0.3 is 5.97 Å². The zero-order valence-electron chi connectivity index (χ0n) is 11.6. The summed E-state index contributed by atoms with van der Waals surface area (Å²) in [4.78, 5) is 15.2. The van der Waals surface area contributed by atoms with Crippen LogP contribution in [-0.4, -0.2) is 23.2 Å².